The average molecular weight is 357 g/mol. The molecule has 0 aliphatic carbocycles. The van der Waals surface area contributed by atoms with Gasteiger partial charge in [0.2, 0.25) is 0 Å². The van der Waals surface area contributed by atoms with Crippen molar-refractivity contribution in [3.8, 4) is 0 Å². The van der Waals surface area contributed by atoms with E-state index in [0.29, 0.717) is 5.02 Å². The predicted octanol–water partition coefficient (Wildman–Crippen LogP) is 3.35. The number of pyridine rings is 1. The van der Waals surface area contributed by atoms with Gasteiger partial charge in [-0.2, -0.15) is 0 Å². The zero-order valence-electron chi connectivity index (χ0n) is 5.76. The van der Waals surface area contributed by atoms with Crippen LogP contribution >= 0.6 is 50.1 Å². The largest absolute Gasteiger partial charge is 0.294 e. The Labute approximate surface area is 96.2 Å². The van der Waals surface area contributed by atoms with Crippen LogP contribution in [-0.2, 0) is 0 Å². The molecule has 0 N–H and O–H groups in total. The maximum Gasteiger partial charge on any atom is 0.139 e. The maximum atomic E-state index is 5.89. The molecule has 0 aliphatic rings. The number of fused-ring (bicyclic) bond motifs is 1. The molecule has 62 valence electrons. The lowest BCUT2D eigenvalue weighted by atomic mass is 10.5. The molecule has 0 fully saturated rings. The van der Waals surface area contributed by atoms with E-state index in [1.54, 1.807) is 6.20 Å². The molecule has 0 bridgehead atoms. The molecular weight excluding hydrogens is 354 g/mol. The van der Waals surface area contributed by atoms with Crippen molar-refractivity contribution >= 4 is 55.8 Å². The Bertz CT molecular complexity index is 440. The van der Waals surface area contributed by atoms with Gasteiger partial charge in [-0.25, -0.2) is 4.98 Å². The van der Waals surface area contributed by atoms with Gasteiger partial charge in [-0.15, -0.1) is 0 Å². The minimum Gasteiger partial charge on any atom is -0.294 e. The summed E-state index contributed by atoms with van der Waals surface area (Å²) >= 11 is 11.5. The third-order valence-corrected chi connectivity index (χ3v) is 3.48. The molecular formula is C7H3BrClIN2. The number of rotatable bonds is 0. The first-order chi connectivity index (χ1) is 5.68. The van der Waals surface area contributed by atoms with E-state index in [2.05, 4.69) is 43.5 Å². The summed E-state index contributed by atoms with van der Waals surface area (Å²) in [6.07, 6.45) is 3.71. The van der Waals surface area contributed by atoms with E-state index in [4.69, 9.17) is 11.6 Å². The Hall–Kier alpha value is 0.190. The maximum absolute atomic E-state index is 5.89. The smallest absolute Gasteiger partial charge is 0.139 e. The molecule has 0 saturated carbocycles. The lowest BCUT2D eigenvalue weighted by Gasteiger charge is -1.98. The Balaban J connectivity index is 2.87. The van der Waals surface area contributed by atoms with Crippen LogP contribution in [0.15, 0.2) is 22.9 Å². The van der Waals surface area contributed by atoms with E-state index >= 15 is 0 Å². The second kappa shape index (κ2) is 3.16. The van der Waals surface area contributed by atoms with Gasteiger partial charge in [0, 0.05) is 12.3 Å². The van der Waals surface area contributed by atoms with Gasteiger partial charge >= 0.3 is 0 Å². The Kier molecular flexibility index (Phi) is 2.31. The monoisotopic (exact) mass is 356 g/mol. The second-order valence-corrected chi connectivity index (χ2v) is 4.65. The molecule has 2 heterocycles. The number of aromatic nitrogens is 2. The van der Waals surface area contributed by atoms with Crippen molar-refractivity contribution < 1.29 is 0 Å². The highest BCUT2D eigenvalue weighted by Gasteiger charge is 2.03. The van der Waals surface area contributed by atoms with Gasteiger partial charge in [-0.3, -0.25) is 4.40 Å². The van der Waals surface area contributed by atoms with E-state index in [-0.39, 0.29) is 0 Å². The topological polar surface area (TPSA) is 17.3 Å². The Morgan fingerprint density at radius 3 is 3.08 bits per heavy atom. The van der Waals surface area contributed by atoms with Crippen molar-refractivity contribution in [2.24, 2.45) is 0 Å². The molecule has 0 aliphatic heterocycles. The molecule has 0 amide bonds. The summed E-state index contributed by atoms with van der Waals surface area (Å²) < 4.78 is 3.92. The molecule has 0 aromatic carbocycles. The minimum atomic E-state index is 0.685. The fraction of sp³-hybridized carbons (Fsp3) is 0. The predicted molar refractivity (Wildman–Crippen MR) is 60.6 cm³/mol. The molecule has 2 aromatic heterocycles. The van der Waals surface area contributed by atoms with Gasteiger partial charge in [0.15, 0.2) is 0 Å². The van der Waals surface area contributed by atoms with Crippen molar-refractivity contribution in [3.63, 3.8) is 0 Å². The van der Waals surface area contributed by atoms with Crippen LogP contribution in [0.2, 0.25) is 5.02 Å². The third kappa shape index (κ3) is 1.36. The third-order valence-electron chi connectivity index (χ3n) is 1.51. The molecule has 0 spiro atoms. The summed E-state index contributed by atoms with van der Waals surface area (Å²) in [5, 5.41) is 0.685. The molecule has 0 saturated heterocycles. The van der Waals surface area contributed by atoms with Crippen molar-refractivity contribution in [3.05, 3.63) is 31.7 Å². The molecule has 2 aromatic rings. The summed E-state index contributed by atoms with van der Waals surface area (Å²) in [6, 6.07) is 1.83. The fourth-order valence-electron chi connectivity index (χ4n) is 0.945. The number of imidazole rings is 1. The molecule has 2 nitrogen and oxygen atoms in total. The highest BCUT2D eigenvalue weighted by molar-refractivity contribution is 14.1. The van der Waals surface area contributed by atoms with E-state index in [0.717, 1.165) is 13.8 Å². The zero-order valence-corrected chi connectivity index (χ0v) is 10.3. The normalized spacial score (nSPS) is 10.9. The van der Waals surface area contributed by atoms with Crippen molar-refractivity contribution in [1.29, 1.82) is 0 Å². The van der Waals surface area contributed by atoms with Crippen molar-refractivity contribution in [1.82, 2.24) is 9.38 Å². The second-order valence-electron chi connectivity index (χ2n) is 2.28. The quantitative estimate of drug-likeness (QED) is 0.661. The first kappa shape index (κ1) is 8.77. The summed E-state index contributed by atoms with van der Waals surface area (Å²) in [5.41, 5.74) is 0.868. The Morgan fingerprint density at radius 2 is 2.33 bits per heavy atom. The van der Waals surface area contributed by atoms with Crippen molar-refractivity contribution in [2.75, 3.05) is 0 Å². The van der Waals surface area contributed by atoms with Crippen LogP contribution in [0.25, 0.3) is 5.65 Å². The van der Waals surface area contributed by atoms with Crippen LogP contribution in [0.3, 0.4) is 0 Å². The highest BCUT2D eigenvalue weighted by atomic mass is 127. The summed E-state index contributed by atoms with van der Waals surface area (Å²) in [4.78, 5) is 4.17. The van der Waals surface area contributed by atoms with Gasteiger partial charge in [0.25, 0.3) is 0 Å². The fourth-order valence-corrected chi connectivity index (χ4v) is 1.94. The summed E-state index contributed by atoms with van der Waals surface area (Å²) in [6.45, 7) is 0. The number of halogens is 3. The number of hydrogen-bond acceptors (Lipinski definition) is 1. The Morgan fingerprint density at radius 1 is 1.58 bits per heavy atom. The summed E-state index contributed by atoms with van der Waals surface area (Å²) in [7, 11) is 0. The standard InChI is InChI=1S/C7H3BrClIN2/c8-4-3-12-6(10)2-11-7(12)1-5(4)9/h1-3H. The van der Waals surface area contributed by atoms with Gasteiger partial charge in [0.05, 0.1) is 15.7 Å². The zero-order chi connectivity index (χ0) is 8.72. The van der Waals surface area contributed by atoms with Crippen LogP contribution in [0, 0.1) is 3.70 Å². The van der Waals surface area contributed by atoms with Gasteiger partial charge in [0.1, 0.15) is 9.35 Å². The molecule has 12 heavy (non-hydrogen) atoms. The van der Waals surface area contributed by atoms with E-state index in [1.807, 2.05) is 16.7 Å². The van der Waals surface area contributed by atoms with Gasteiger partial charge in [-0.1, -0.05) is 11.6 Å². The molecule has 2 rings (SSSR count). The molecule has 5 heteroatoms. The van der Waals surface area contributed by atoms with E-state index in [1.165, 1.54) is 0 Å². The lowest BCUT2D eigenvalue weighted by Crippen LogP contribution is -1.86. The van der Waals surface area contributed by atoms with E-state index < -0.39 is 0 Å². The van der Waals surface area contributed by atoms with Gasteiger partial charge in [-0.05, 0) is 38.5 Å². The summed E-state index contributed by atoms with van der Waals surface area (Å²) in [5.74, 6) is 0. The minimum absolute atomic E-state index is 0.685. The first-order valence-electron chi connectivity index (χ1n) is 3.16. The number of nitrogens with zero attached hydrogens (tertiary/aromatic N) is 2. The van der Waals surface area contributed by atoms with Crippen LogP contribution in [-0.4, -0.2) is 9.38 Å². The van der Waals surface area contributed by atoms with Crippen LogP contribution in [0.1, 0.15) is 0 Å². The number of hydrogen-bond donors (Lipinski definition) is 0. The molecule has 0 atom stereocenters. The van der Waals surface area contributed by atoms with Crippen LogP contribution in [0.5, 0.6) is 0 Å². The van der Waals surface area contributed by atoms with Gasteiger partial charge < -0.3 is 0 Å². The first-order valence-corrected chi connectivity index (χ1v) is 5.41. The van der Waals surface area contributed by atoms with Crippen molar-refractivity contribution in [2.45, 2.75) is 0 Å². The lowest BCUT2D eigenvalue weighted by molar-refractivity contribution is 1.14. The molecule has 0 radical (unpaired) electrons. The molecule has 0 unspecified atom stereocenters. The van der Waals surface area contributed by atoms with Crippen LogP contribution in [0.4, 0.5) is 0 Å². The van der Waals surface area contributed by atoms with E-state index in [9.17, 15) is 0 Å². The SMILES string of the molecule is Clc1cc2ncc(I)n2cc1Br. The average Bonchev–Trinajstić information content (AvgIpc) is 2.35. The highest BCUT2D eigenvalue weighted by Crippen LogP contribution is 2.24. The van der Waals surface area contributed by atoms with Crippen LogP contribution < -0.4 is 0 Å².